The van der Waals surface area contributed by atoms with Crippen molar-refractivity contribution in [2.45, 2.75) is 25.2 Å². The molecule has 40 heavy (non-hydrogen) atoms. The molecule has 0 bridgehead atoms. The van der Waals surface area contributed by atoms with Crippen molar-refractivity contribution in [1.29, 1.82) is 0 Å². The summed E-state index contributed by atoms with van der Waals surface area (Å²) >= 11 is 0. The molecule has 0 aliphatic carbocycles. The Kier molecular flexibility index (Phi) is 7.97. The van der Waals surface area contributed by atoms with Gasteiger partial charge in [0.05, 0.1) is 20.2 Å². The summed E-state index contributed by atoms with van der Waals surface area (Å²) in [6.45, 7) is 0.718. The van der Waals surface area contributed by atoms with E-state index in [9.17, 15) is 18.8 Å². The third-order valence-corrected chi connectivity index (χ3v) is 7.34. The van der Waals surface area contributed by atoms with Crippen LogP contribution in [-0.4, -0.2) is 77.6 Å². The van der Waals surface area contributed by atoms with Crippen LogP contribution in [0.4, 0.5) is 9.18 Å². The minimum Gasteiger partial charge on any atom is -0.497 e. The fourth-order valence-corrected chi connectivity index (χ4v) is 5.27. The zero-order valence-electron chi connectivity index (χ0n) is 22.5. The molecule has 2 atom stereocenters. The lowest BCUT2D eigenvalue weighted by Crippen LogP contribution is -2.73. The van der Waals surface area contributed by atoms with Gasteiger partial charge in [-0.2, -0.15) is 0 Å². The normalized spacial score (nSPS) is 19.4. The van der Waals surface area contributed by atoms with Gasteiger partial charge in [-0.3, -0.25) is 9.59 Å². The molecule has 2 saturated heterocycles. The van der Waals surface area contributed by atoms with Gasteiger partial charge in [-0.25, -0.2) is 19.2 Å². The number of nitrogens with one attached hydrogen (secondary N) is 1. The molecule has 5 rings (SSSR count). The second-order valence-corrected chi connectivity index (χ2v) is 9.92. The van der Waals surface area contributed by atoms with Crippen molar-refractivity contribution in [2.75, 3.05) is 33.8 Å². The highest BCUT2D eigenvalue weighted by Crippen LogP contribution is 2.34. The van der Waals surface area contributed by atoms with Crippen LogP contribution in [0.2, 0.25) is 0 Å². The number of hydrogen-bond donors (Lipinski definition) is 1. The Morgan fingerprint density at radius 3 is 2.33 bits per heavy atom. The highest BCUT2D eigenvalue weighted by Gasteiger charge is 2.51. The lowest BCUT2D eigenvalue weighted by atomic mass is 9.98. The average Bonchev–Trinajstić information content (AvgIpc) is 2.97. The third-order valence-electron chi connectivity index (χ3n) is 7.34. The summed E-state index contributed by atoms with van der Waals surface area (Å²) < 4.78 is 18.6. The highest BCUT2D eigenvalue weighted by atomic mass is 19.1. The fraction of sp³-hybridized carbons (Fsp3) is 0.300. The maximum absolute atomic E-state index is 13.9. The lowest BCUT2D eigenvalue weighted by molar-refractivity contribution is -0.187. The smallest absolute Gasteiger partial charge is 0.334 e. The summed E-state index contributed by atoms with van der Waals surface area (Å²) in [5, 5.41) is 5.98. The molecule has 4 amide bonds. The molecule has 3 aromatic rings. The monoisotopic (exact) mass is 545 g/mol. The van der Waals surface area contributed by atoms with Gasteiger partial charge in [0.25, 0.3) is 0 Å². The van der Waals surface area contributed by atoms with E-state index < -0.39 is 18.2 Å². The van der Waals surface area contributed by atoms with Gasteiger partial charge in [0, 0.05) is 20.1 Å². The molecule has 1 N–H and O–H groups in total. The van der Waals surface area contributed by atoms with Crippen LogP contribution >= 0.6 is 0 Å². The SMILES string of the molecule is COc1ccc(CCN2C[C@H]3N(C(=O)CN(C)N3C(=O)NCc3ccc(F)cc3)[C@@H](c3ccccc3)C2=O)cc1. The van der Waals surface area contributed by atoms with Crippen LogP contribution in [0.1, 0.15) is 22.7 Å². The van der Waals surface area contributed by atoms with E-state index in [0.717, 1.165) is 16.9 Å². The van der Waals surface area contributed by atoms with Gasteiger partial charge >= 0.3 is 6.03 Å². The van der Waals surface area contributed by atoms with Crippen LogP contribution in [0.25, 0.3) is 0 Å². The van der Waals surface area contributed by atoms with E-state index in [0.29, 0.717) is 18.5 Å². The molecule has 2 heterocycles. The Hall–Kier alpha value is -4.44. The van der Waals surface area contributed by atoms with Crippen molar-refractivity contribution in [3.63, 3.8) is 0 Å². The summed E-state index contributed by atoms with van der Waals surface area (Å²) in [5.41, 5.74) is 2.47. The van der Waals surface area contributed by atoms with Gasteiger partial charge in [-0.15, -0.1) is 0 Å². The van der Waals surface area contributed by atoms with Gasteiger partial charge in [-0.1, -0.05) is 54.6 Å². The number of ether oxygens (including phenoxy) is 1. The van der Waals surface area contributed by atoms with Crippen molar-refractivity contribution in [2.24, 2.45) is 0 Å². The van der Waals surface area contributed by atoms with E-state index in [-0.39, 0.29) is 37.3 Å². The second-order valence-electron chi connectivity index (χ2n) is 9.92. The number of halogens is 1. The molecule has 0 radical (unpaired) electrons. The van der Waals surface area contributed by atoms with Crippen molar-refractivity contribution < 1.29 is 23.5 Å². The van der Waals surface area contributed by atoms with Crippen LogP contribution in [0, 0.1) is 5.82 Å². The van der Waals surface area contributed by atoms with Crippen LogP contribution in [0.5, 0.6) is 5.75 Å². The molecule has 0 spiro atoms. The van der Waals surface area contributed by atoms with Crippen molar-refractivity contribution in [3.8, 4) is 5.75 Å². The van der Waals surface area contributed by atoms with Gasteiger partial charge in [-0.05, 0) is 47.4 Å². The van der Waals surface area contributed by atoms with E-state index >= 15 is 0 Å². The van der Waals surface area contributed by atoms with E-state index in [4.69, 9.17) is 4.74 Å². The van der Waals surface area contributed by atoms with E-state index in [1.807, 2.05) is 54.6 Å². The van der Waals surface area contributed by atoms with Crippen LogP contribution in [0.15, 0.2) is 78.9 Å². The maximum atomic E-state index is 13.9. The van der Waals surface area contributed by atoms with Crippen molar-refractivity contribution in [3.05, 3.63) is 101 Å². The Morgan fingerprint density at radius 2 is 1.65 bits per heavy atom. The Labute approximate surface area is 232 Å². The molecule has 0 aromatic heterocycles. The summed E-state index contributed by atoms with van der Waals surface area (Å²) in [5.74, 6) is -0.00944. The number of benzene rings is 3. The van der Waals surface area contributed by atoms with Crippen LogP contribution in [0.3, 0.4) is 0 Å². The number of urea groups is 1. The number of likely N-dealkylation sites (N-methyl/N-ethyl adjacent to an activating group) is 1. The largest absolute Gasteiger partial charge is 0.497 e. The predicted molar refractivity (Wildman–Crippen MR) is 146 cm³/mol. The molecule has 9 nitrogen and oxygen atoms in total. The number of carbonyl (C=O) groups is 3. The van der Waals surface area contributed by atoms with Crippen molar-refractivity contribution in [1.82, 2.24) is 25.1 Å². The van der Waals surface area contributed by atoms with Gasteiger partial charge < -0.3 is 19.9 Å². The zero-order chi connectivity index (χ0) is 28.2. The molecule has 2 aliphatic heterocycles. The Bertz CT molecular complexity index is 1350. The summed E-state index contributed by atoms with van der Waals surface area (Å²) in [6.07, 6.45) is -0.108. The average molecular weight is 546 g/mol. The number of hydrazine groups is 1. The standard InChI is InChI=1S/C30H32FN5O4/c1-33-20-27(37)35-26(36(33)30(39)32-18-22-8-12-24(31)13-9-22)19-34(17-16-21-10-14-25(40-2)15-11-21)29(38)28(35)23-6-4-3-5-7-23/h3-15,26,28H,16-20H2,1-2H3,(H,32,39)/t26-,28-/m0/s1. The van der Waals surface area contributed by atoms with Crippen LogP contribution in [-0.2, 0) is 22.6 Å². The van der Waals surface area contributed by atoms with E-state index in [1.165, 1.54) is 17.1 Å². The molecule has 3 aromatic carbocycles. The molecular weight excluding hydrogens is 513 g/mol. The minimum atomic E-state index is -0.857. The molecule has 0 saturated carbocycles. The summed E-state index contributed by atoms with van der Waals surface area (Å²) in [4.78, 5) is 44.1. The van der Waals surface area contributed by atoms with Gasteiger partial charge in [0.1, 0.15) is 23.8 Å². The maximum Gasteiger partial charge on any atom is 0.334 e. The first-order valence-corrected chi connectivity index (χ1v) is 13.2. The molecular formula is C30H32FN5O4. The summed E-state index contributed by atoms with van der Waals surface area (Å²) in [6, 6.07) is 21.5. The van der Waals surface area contributed by atoms with Gasteiger partial charge in [0.15, 0.2) is 0 Å². The number of fused-ring (bicyclic) bond motifs is 1. The molecule has 0 unspecified atom stereocenters. The number of hydrogen-bond acceptors (Lipinski definition) is 5. The molecule has 10 heteroatoms. The fourth-order valence-electron chi connectivity index (χ4n) is 5.27. The number of rotatable bonds is 7. The first-order chi connectivity index (χ1) is 19.4. The molecule has 2 fully saturated rings. The van der Waals surface area contributed by atoms with E-state index in [2.05, 4.69) is 5.32 Å². The number of nitrogens with zero attached hydrogens (tertiary/aromatic N) is 4. The Balaban J connectivity index is 1.41. The summed E-state index contributed by atoms with van der Waals surface area (Å²) in [7, 11) is 3.29. The zero-order valence-corrected chi connectivity index (χ0v) is 22.5. The van der Waals surface area contributed by atoms with Gasteiger partial charge in [0.2, 0.25) is 11.8 Å². The van der Waals surface area contributed by atoms with Crippen molar-refractivity contribution >= 4 is 17.8 Å². The molecule has 2 aliphatic rings. The number of piperazine rings is 1. The first-order valence-electron chi connectivity index (χ1n) is 13.2. The Morgan fingerprint density at radius 1 is 0.975 bits per heavy atom. The number of amides is 4. The third kappa shape index (κ3) is 5.62. The second kappa shape index (κ2) is 11.7. The van der Waals surface area contributed by atoms with Crippen LogP contribution < -0.4 is 10.1 Å². The lowest BCUT2D eigenvalue weighted by Gasteiger charge is -2.54. The first kappa shape index (κ1) is 27.1. The molecule has 208 valence electrons. The highest BCUT2D eigenvalue weighted by molar-refractivity contribution is 5.92. The topological polar surface area (TPSA) is 85.4 Å². The van der Waals surface area contributed by atoms with E-state index in [1.54, 1.807) is 41.1 Å². The predicted octanol–water partition coefficient (Wildman–Crippen LogP) is 3.19. The number of carbonyl (C=O) groups excluding carboxylic acids is 3. The quantitative estimate of drug-likeness (QED) is 0.493. The minimum absolute atomic E-state index is 0.0526. The number of methoxy groups -OCH3 is 1.